The zero-order chi connectivity index (χ0) is 21.0. The molecule has 0 amide bonds. The summed E-state index contributed by atoms with van der Waals surface area (Å²) < 4.78 is 56.5. The van der Waals surface area contributed by atoms with E-state index < -0.39 is 30.1 Å². The zero-order valence-electron chi connectivity index (χ0n) is 16.8. The summed E-state index contributed by atoms with van der Waals surface area (Å²) in [4.78, 5) is 0. The van der Waals surface area contributed by atoms with Crippen LogP contribution >= 0.6 is 0 Å². The van der Waals surface area contributed by atoms with Crippen LogP contribution in [0.2, 0.25) is 0 Å². The predicted molar refractivity (Wildman–Crippen MR) is 106 cm³/mol. The second-order valence-corrected chi connectivity index (χ2v) is 8.35. The lowest BCUT2D eigenvalue weighted by atomic mass is 9.78. The largest absolute Gasteiger partial charge is 0.494 e. The molecular formula is C22H22BF3O3. The fourth-order valence-corrected chi connectivity index (χ4v) is 3.44. The molecule has 4 rings (SSSR count). The van der Waals surface area contributed by atoms with Gasteiger partial charge in [-0.25, -0.2) is 0 Å². The van der Waals surface area contributed by atoms with Crippen LogP contribution in [0.3, 0.4) is 0 Å². The topological polar surface area (TPSA) is 27.7 Å². The summed E-state index contributed by atoms with van der Waals surface area (Å²) in [6, 6.07) is 10.9. The molecule has 29 heavy (non-hydrogen) atoms. The summed E-state index contributed by atoms with van der Waals surface area (Å²) in [5.74, 6) is 0.662. The van der Waals surface area contributed by atoms with Crippen molar-refractivity contribution >= 4 is 18.2 Å². The Kier molecular flexibility index (Phi) is 4.59. The SMILES string of the molecule is CC1(C)OB(c2ccc3c(c2)OCC=C3c2ccc(C(F)(F)F)cc2)OC1(C)C. The maximum Gasteiger partial charge on any atom is 0.494 e. The van der Waals surface area contributed by atoms with Crippen LogP contribution < -0.4 is 10.2 Å². The van der Waals surface area contributed by atoms with E-state index in [-0.39, 0.29) is 0 Å². The van der Waals surface area contributed by atoms with Crippen LogP contribution in [0.15, 0.2) is 48.5 Å². The van der Waals surface area contributed by atoms with Crippen LogP contribution in [0.1, 0.15) is 44.4 Å². The Morgan fingerprint density at radius 1 is 0.897 bits per heavy atom. The van der Waals surface area contributed by atoms with Crippen molar-refractivity contribution in [2.45, 2.75) is 45.1 Å². The number of fused-ring (bicyclic) bond motifs is 1. The first-order chi connectivity index (χ1) is 13.5. The van der Waals surface area contributed by atoms with E-state index >= 15 is 0 Å². The highest BCUT2D eigenvalue weighted by molar-refractivity contribution is 6.62. The number of hydrogen-bond donors (Lipinski definition) is 0. The molecule has 0 aromatic heterocycles. The number of alkyl halides is 3. The molecule has 1 saturated heterocycles. The molecule has 0 saturated carbocycles. The standard InChI is InChI=1S/C22H22BF3O3/c1-20(2)21(3,4)29-23(28-20)16-9-10-18-17(11-12-27-19(18)13-16)14-5-7-15(8-6-14)22(24,25)26/h5-11,13H,12H2,1-4H3. The monoisotopic (exact) mass is 402 g/mol. The Balaban J connectivity index is 1.63. The third-order valence-electron chi connectivity index (χ3n) is 5.87. The van der Waals surface area contributed by atoms with Gasteiger partial charge in [0.05, 0.1) is 16.8 Å². The van der Waals surface area contributed by atoms with Crippen LogP contribution in [0.25, 0.3) is 5.57 Å². The first kappa shape index (κ1) is 20.0. The van der Waals surface area contributed by atoms with E-state index in [0.717, 1.165) is 28.7 Å². The number of ether oxygens (including phenoxy) is 1. The fraction of sp³-hybridized carbons (Fsp3) is 0.364. The van der Waals surface area contributed by atoms with Gasteiger partial charge in [0.25, 0.3) is 0 Å². The van der Waals surface area contributed by atoms with Crippen molar-refractivity contribution in [3.63, 3.8) is 0 Å². The van der Waals surface area contributed by atoms with Gasteiger partial charge < -0.3 is 14.0 Å². The molecule has 2 aromatic rings. The minimum atomic E-state index is -4.35. The van der Waals surface area contributed by atoms with E-state index in [1.807, 2.05) is 52.0 Å². The molecular weight excluding hydrogens is 380 g/mol. The molecule has 0 unspecified atom stereocenters. The van der Waals surface area contributed by atoms with Crippen LogP contribution in [0.4, 0.5) is 13.2 Å². The molecule has 2 aliphatic heterocycles. The second-order valence-electron chi connectivity index (χ2n) is 8.35. The minimum absolute atomic E-state index is 0.343. The highest BCUT2D eigenvalue weighted by Gasteiger charge is 2.51. The summed E-state index contributed by atoms with van der Waals surface area (Å²) in [7, 11) is -0.505. The zero-order valence-corrected chi connectivity index (χ0v) is 16.8. The van der Waals surface area contributed by atoms with Gasteiger partial charge in [-0.05, 0) is 68.6 Å². The maximum absolute atomic E-state index is 12.8. The third-order valence-corrected chi connectivity index (χ3v) is 5.87. The Morgan fingerprint density at radius 2 is 1.52 bits per heavy atom. The van der Waals surface area contributed by atoms with Crippen molar-refractivity contribution in [1.29, 1.82) is 0 Å². The van der Waals surface area contributed by atoms with Crippen molar-refractivity contribution < 1.29 is 27.2 Å². The molecule has 3 nitrogen and oxygen atoms in total. The van der Waals surface area contributed by atoms with Crippen LogP contribution in [-0.4, -0.2) is 24.9 Å². The molecule has 0 atom stereocenters. The summed E-state index contributed by atoms with van der Waals surface area (Å²) in [5.41, 5.74) is 1.68. The van der Waals surface area contributed by atoms with E-state index in [0.29, 0.717) is 17.9 Å². The quantitative estimate of drug-likeness (QED) is 0.674. The van der Waals surface area contributed by atoms with Crippen molar-refractivity contribution in [1.82, 2.24) is 0 Å². The molecule has 2 aliphatic rings. The number of benzene rings is 2. The van der Waals surface area contributed by atoms with E-state index in [2.05, 4.69) is 0 Å². The minimum Gasteiger partial charge on any atom is -0.489 e. The van der Waals surface area contributed by atoms with Gasteiger partial charge >= 0.3 is 13.3 Å². The van der Waals surface area contributed by atoms with Gasteiger partial charge in [0.1, 0.15) is 12.4 Å². The Labute approximate surface area is 168 Å². The van der Waals surface area contributed by atoms with Crippen molar-refractivity contribution in [2.24, 2.45) is 0 Å². The Bertz CT molecular complexity index is 946. The normalized spacial score (nSPS) is 20.1. The van der Waals surface area contributed by atoms with Gasteiger partial charge in [0.2, 0.25) is 0 Å². The van der Waals surface area contributed by atoms with Crippen LogP contribution in [0.5, 0.6) is 5.75 Å². The number of rotatable bonds is 2. The molecule has 0 spiro atoms. The lowest BCUT2D eigenvalue weighted by Gasteiger charge is -2.32. The number of hydrogen-bond acceptors (Lipinski definition) is 3. The smallest absolute Gasteiger partial charge is 0.489 e. The lowest BCUT2D eigenvalue weighted by molar-refractivity contribution is -0.137. The van der Waals surface area contributed by atoms with Gasteiger partial charge in [-0.1, -0.05) is 24.3 Å². The highest BCUT2D eigenvalue weighted by atomic mass is 19.4. The average Bonchev–Trinajstić information content (AvgIpc) is 2.87. The van der Waals surface area contributed by atoms with Crippen molar-refractivity contribution in [3.05, 3.63) is 65.2 Å². The van der Waals surface area contributed by atoms with Gasteiger partial charge in [0, 0.05) is 5.56 Å². The highest BCUT2D eigenvalue weighted by Crippen LogP contribution is 2.38. The van der Waals surface area contributed by atoms with Gasteiger partial charge in [-0.3, -0.25) is 0 Å². The first-order valence-corrected chi connectivity index (χ1v) is 9.48. The number of halogens is 3. The Hall–Kier alpha value is -2.25. The molecule has 1 fully saturated rings. The molecule has 152 valence electrons. The van der Waals surface area contributed by atoms with E-state index in [1.165, 1.54) is 12.1 Å². The van der Waals surface area contributed by atoms with Crippen LogP contribution in [-0.2, 0) is 15.5 Å². The molecule has 7 heteroatoms. The summed E-state index contributed by atoms with van der Waals surface area (Å²) in [6.07, 6.45) is -2.47. The van der Waals surface area contributed by atoms with Gasteiger partial charge in [0.15, 0.2) is 0 Å². The van der Waals surface area contributed by atoms with Gasteiger partial charge in [-0.15, -0.1) is 0 Å². The molecule has 0 bridgehead atoms. The van der Waals surface area contributed by atoms with Gasteiger partial charge in [-0.2, -0.15) is 13.2 Å². The molecule has 0 N–H and O–H groups in total. The average molecular weight is 402 g/mol. The third kappa shape index (κ3) is 3.58. The van der Waals surface area contributed by atoms with E-state index in [9.17, 15) is 13.2 Å². The first-order valence-electron chi connectivity index (χ1n) is 9.48. The van der Waals surface area contributed by atoms with Crippen molar-refractivity contribution in [2.75, 3.05) is 6.61 Å². The second kappa shape index (κ2) is 6.64. The van der Waals surface area contributed by atoms with Crippen molar-refractivity contribution in [3.8, 4) is 5.75 Å². The summed E-state index contributed by atoms with van der Waals surface area (Å²) in [5, 5.41) is 0. The maximum atomic E-state index is 12.8. The molecule has 0 radical (unpaired) electrons. The Morgan fingerprint density at radius 3 is 2.10 bits per heavy atom. The predicted octanol–water partition coefficient (Wildman–Crippen LogP) is 4.83. The summed E-state index contributed by atoms with van der Waals surface area (Å²) >= 11 is 0. The molecule has 2 heterocycles. The molecule has 0 aliphatic carbocycles. The molecule has 2 aromatic carbocycles. The van der Waals surface area contributed by atoms with E-state index in [4.69, 9.17) is 14.0 Å². The lowest BCUT2D eigenvalue weighted by Crippen LogP contribution is -2.41. The van der Waals surface area contributed by atoms with E-state index in [1.54, 1.807) is 0 Å². The summed E-state index contributed by atoms with van der Waals surface area (Å²) in [6.45, 7) is 8.32. The fourth-order valence-electron chi connectivity index (χ4n) is 3.44. The van der Waals surface area contributed by atoms with Crippen LogP contribution in [0, 0.1) is 0 Å².